The first kappa shape index (κ1) is 22.0. The zero-order valence-electron chi connectivity index (χ0n) is 18.0. The molecule has 32 heavy (non-hydrogen) atoms. The van der Waals surface area contributed by atoms with Gasteiger partial charge in [-0.05, 0) is 61.4 Å². The quantitative estimate of drug-likeness (QED) is 0.494. The number of pyridine rings is 1. The fourth-order valence-corrected chi connectivity index (χ4v) is 4.45. The van der Waals surface area contributed by atoms with Crippen molar-refractivity contribution in [2.24, 2.45) is 5.92 Å². The predicted octanol–water partition coefficient (Wildman–Crippen LogP) is 4.17. The number of hydrogen-bond donors (Lipinski definition) is 2. The molecule has 1 aliphatic carbocycles. The van der Waals surface area contributed by atoms with Crippen LogP contribution in [0.2, 0.25) is 0 Å². The van der Waals surface area contributed by atoms with Crippen LogP contribution in [0.3, 0.4) is 0 Å². The van der Waals surface area contributed by atoms with Gasteiger partial charge in [0.2, 0.25) is 0 Å². The molecule has 1 heterocycles. The van der Waals surface area contributed by atoms with Crippen molar-refractivity contribution in [3.63, 3.8) is 0 Å². The number of aryl methyl sites for hydroxylation is 1. The molecule has 1 saturated carbocycles. The van der Waals surface area contributed by atoms with Gasteiger partial charge in [-0.25, -0.2) is 4.79 Å². The summed E-state index contributed by atoms with van der Waals surface area (Å²) < 4.78 is 4.99. The number of aliphatic hydroxyl groups is 1. The van der Waals surface area contributed by atoms with Crippen LogP contribution >= 0.6 is 0 Å². The lowest BCUT2D eigenvalue weighted by atomic mass is 9.94. The highest BCUT2D eigenvalue weighted by Crippen LogP contribution is 2.32. The number of rotatable bonds is 9. The van der Waals surface area contributed by atoms with Crippen LogP contribution in [0.4, 0.5) is 5.69 Å². The fourth-order valence-electron chi connectivity index (χ4n) is 4.45. The number of carbonyl (C=O) groups is 2. The lowest BCUT2D eigenvalue weighted by molar-refractivity contribution is -0.118. The van der Waals surface area contributed by atoms with E-state index >= 15 is 0 Å². The Morgan fingerprint density at radius 3 is 2.88 bits per heavy atom. The molecule has 0 amide bonds. The number of aromatic nitrogens is 1. The Kier molecular flexibility index (Phi) is 7.12. The highest BCUT2D eigenvalue weighted by Gasteiger charge is 2.34. The maximum atomic E-state index is 12.6. The van der Waals surface area contributed by atoms with Gasteiger partial charge in [0.1, 0.15) is 6.61 Å². The Morgan fingerprint density at radius 2 is 2.00 bits per heavy atom. The third-order valence-electron chi connectivity index (χ3n) is 6.05. The minimum Gasteiger partial charge on any atom is -0.460 e. The molecule has 0 bridgehead atoms. The molecule has 1 aromatic heterocycles. The molecule has 6 heteroatoms. The molecule has 2 atom stereocenters. The molecule has 6 nitrogen and oxygen atoms in total. The van der Waals surface area contributed by atoms with Crippen molar-refractivity contribution in [1.82, 2.24) is 4.98 Å². The second kappa shape index (κ2) is 10.4. The molecule has 0 spiro atoms. The molecule has 0 unspecified atom stereocenters. The zero-order chi connectivity index (χ0) is 22.3. The van der Waals surface area contributed by atoms with E-state index in [1.807, 2.05) is 48.5 Å². The zero-order valence-corrected chi connectivity index (χ0v) is 18.0. The largest absolute Gasteiger partial charge is 0.460 e. The first-order valence-electron chi connectivity index (χ1n) is 11.2. The average Bonchev–Trinajstić information content (AvgIpc) is 3.17. The minimum atomic E-state index is -0.421. The lowest BCUT2D eigenvalue weighted by Gasteiger charge is -2.21. The second-order valence-corrected chi connectivity index (χ2v) is 8.22. The number of fused-ring (bicyclic) bond motifs is 1. The molecule has 166 valence electrons. The highest BCUT2D eigenvalue weighted by molar-refractivity contribution is 5.94. The monoisotopic (exact) mass is 432 g/mol. The Labute approximate surface area is 187 Å². The van der Waals surface area contributed by atoms with Gasteiger partial charge in [-0.3, -0.25) is 9.78 Å². The summed E-state index contributed by atoms with van der Waals surface area (Å²) in [6.45, 7) is -0.186. The van der Waals surface area contributed by atoms with Gasteiger partial charge < -0.3 is 15.2 Å². The molecule has 3 aromatic rings. The first-order valence-corrected chi connectivity index (χ1v) is 11.2. The van der Waals surface area contributed by atoms with E-state index in [4.69, 9.17) is 9.84 Å². The number of ether oxygens (including phenoxy) is 1. The first-order chi connectivity index (χ1) is 15.7. The minimum absolute atomic E-state index is 0.000617. The standard InChI is InChI=1S/C26H28N2O4/c29-15-16-32-26(31)21-9-2-6-18(17-21)5-1-7-20-12-13-23(30)25(20)28-22-11-3-8-19-10-4-14-27-24(19)22/h2-4,6,8-11,14,17,20,25,28-29H,1,5,7,12-13,15-16H2/t20-,25+/m0/s1. The molecule has 0 aliphatic heterocycles. The average molecular weight is 433 g/mol. The van der Waals surface area contributed by atoms with Gasteiger partial charge in [0.25, 0.3) is 0 Å². The number of benzene rings is 2. The Balaban J connectivity index is 1.37. The van der Waals surface area contributed by atoms with E-state index < -0.39 is 5.97 Å². The molecule has 0 saturated heterocycles. The van der Waals surface area contributed by atoms with Crippen LogP contribution in [0.1, 0.15) is 41.6 Å². The lowest BCUT2D eigenvalue weighted by Crippen LogP contribution is -2.30. The second-order valence-electron chi connectivity index (χ2n) is 8.22. The fraction of sp³-hybridized carbons (Fsp3) is 0.346. The topological polar surface area (TPSA) is 88.5 Å². The van der Waals surface area contributed by atoms with Crippen molar-refractivity contribution < 1.29 is 19.4 Å². The molecule has 1 aliphatic rings. The number of para-hydroxylation sites is 1. The van der Waals surface area contributed by atoms with Crippen LogP contribution in [0, 0.1) is 5.92 Å². The van der Waals surface area contributed by atoms with Crippen LogP contribution in [-0.2, 0) is 16.0 Å². The molecule has 1 fully saturated rings. The maximum Gasteiger partial charge on any atom is 0.338 e. The van der Waals surface area contributed by atoms with Gasteiger partial charge in [0, 0.05) is 18.0 Å². The Morgan fingerprint density at radius 1 is 1.16 bits per heavy atom. The highest BCUT2D eigenvalue weighted by atomic mass is 16.5. The van der Waals surface area contributed by atoms with Crippen LogP contribution in [-0.4, -0.2) is 41.1 Å². The van der Waals surface area contributed by atoms with E-state index in [0.717, 1.165) is 47.8 Å². The summed E-state index contributed by atoms with van der Waals surface area (Å²) in [5.41, 5.74) is 3.35. The van der Waals surface area contributed by atoms with Crippen molar-refractivity contribution in [2.75, 3.05) is 18.5 Å². The summed E-state index contributed by atoms with van der Waals surface area (Å²) >= 11 is 0. The van der Waals surface area contributed by atoms with E-state index in [2.05, 4.69) is 10.3 Å². The summed E-state index contributed by atoms with van der Waals surface area (Å²) in [5, 5.41) is 13.3. The van der Waals surface area contributed by atoms with Crippen LogP contribution in [0.5, 0.6) is 0 Å². The third-order valence-corrected chi connectivity index (χ3v) is 6.05. The van der Waals surface area contributed by atoms with E-state index in [0.29, 0.717) is 12.0 Å². The summed E-state index contributed by atoms with van der Waals surface area (Å²) in [5.74, 6) is 0.117. The van der Waals surface area contributed by atoms with E-state index in [-0.39, 0.29) is 31.0 Å². The number of hydrogen-bond acceptors (Lipinski definition) is 6. The van der Waals surface area contributed by atoms with Crippen LogP contribution in [0.15, 0.2) is 60.8 Å². The van der Waals surface area contributed by atoms with Crippen molar-refractivity contribution in [3.05, 3.63) is 71.9 Å². The van der Waals surface area contributed by atoms with Gasteiger partial charge >= 0.3 is 5.97 Å². The van der Waals surface area contributed by atoms with E-state index in [9.17, 15) is 9.59 Å². The van der Waals surface area contributed by atoms with Crippen LogP contribution < -0.4 is 5.32 Å². The molecule has 2 aromatic carbocycles. The smallest absolute Gasteiger partial charge is 0.338 e. The van der Waals surface area contributed by atoms with Gasteiger partial charge in [0.15, 0.2) is 5.78 Å². The Bertz CT molecular complexity index is 1090. The molecular formula is C26H28N2O4. The number of ketones is 1. The van der Waals surface area contributed by atoms with E-state index in [1.165, 1.54) is 0 Å². The number of carbonyl (C=O) groups excluding carboxylic acids is 2. The summed E-state index contributed by atoms with van der Waals surface area (Å²) in [6.07, 6.45) is 5.96. The van der Waals surface area contributed by atoms with Gasteiger partial charge in [0.05, 0.1) is 29.4 Å². The van der Waals surface area contributed by atoms with Crippen molar-refractivity contribution in [1.29, 1.82) is 0 Å². The molecular weight excluding hydrogens is 404 g/mol. The number of Topliss-reactive ketones (excluding diaryl/α,β-unsaturated/α-hetero) is 1. The summed E-state index contributed by atoms with van der Waals surface area (Å²) in [6, 6.07) is 17.2. The molecule has 0 radical (unpaired) electrons. The number of aliphatic hydroxyl groups excluding tert-OH is 1. The summed E-state index contributed by atoms with van der Waals surface area (Å²) in [7, 11) is 0. The van der Waals surface area contributed by atoms with Crippen molar-refractivity contribution in [3.8, 4) is 0 Å². The van der Waals surface area contributed by atoms with E-state index in [1.54, 1.807) is 12.3 Å². The number of nitrogens with zero attached hydrogens (tertiary/aromatic N) is 1. The van der Waals surface area contributed by atoms with Gasteiger partial charge in [-0.1, -0.05) is 30.3 Å². The summed E-state index contributed by atoms with van der Waals surface area (Å²) in [4.78, 5) is 29.1. The third kappa shape index (κ3) is 5.14. The predicted molar refractivity (Wildman–Crippen MR) is 124 cm³/mol. The molecule has 4 rings (SSSR count). The maximum absolute atomic E-state index is 12.6. The van der Waals surface area contributed by atoms with Crippen molar-refractivity contribution >= 4 is 28.3 Å². The number of esters is 1. The van der Waals surface area contributed by atoms with Crippen molar-refractivity contribution in [2.45, 2.75) is 38.1 Å². The van der Waals surface area contributed by atoms with Gasteiger partial charge in [-0.2, -0.15) is 0 Å². The van der Waals surface area contributed by atoms with Crippen LogP contribution in [0.25, 0.3) is 10.9 Å². The number of anilines is 1. The van der Waals surface area contributed by atoms with Gasteiger partial charge in [-0.15, -0.1) is 0 Å². The Hall–Kier alpha value is -3.25. The number of nitrogens with one attached hydrogen (secondary N) is 1. The normalized spacial score (nSPS) is 18.1. The molecule has 2 N–H and O–H groups in total. The SMILES string of the molecule is O=C(OCCO)c1cccc(CCC[C@H]2CCC(=O)[C@@H]2Nc2cccc3cccnc23)c1.